The first-order valence-corrected chi connectivity index (χ1v) is 5.49. The molecule has 0 aromatic rings. The molecule has 0 atom stereocenters. The largest absolute Gasteiger partial charge is 0.0772 e. The van der Waals surface area contributed by atoms with Crippen LogP contribution in [0.25, 0.3) is 0 Å². The molecule has 14 heavy (non-hydrogen) atoms. The lowest BCUT2D eigenvalue weighted by molar-refractivity contribution is 1.10. The molecule has 2 aliphatic rings. The van der Waals surface area contributed by atoms with Crippen LogP contribution >= 0.6 is 0 Å². The fourth-order valence-corrected chi connectivity index (χ4v) is 2.22. The zero-order valence-electron chi connectivity index (χ0n) is 9.35. The summed E-state index contributed by atoms with van der Waals surface area (Å²) >= 11 is 0. The Morgan fingerprint density at radius 2 is 1.93 bits per heavy atom. The van der Waals surface area contributed by atoms with Crippen molar-refractivity contribution in [2.75, 3.05) is 0 Å². The average Bonchev–Trinajstić information content (AvgIpc) is 2.45. The van der Waals surface area contributed by atoms with Gasteiger partial charge in [0.25, 0.3) is 0 Å². The summed E-state index contributed by atoms with van der Waals surface area (Å²) in [7, 11) is 0. The molecule has 0 heteroatoms. The van der Waals surface area contributed by atoms with Gasteiger partial charge in [0.1, 0.15) is 0 Å². The van der Waals surface area contributed by atoms with Crippen LogP contribution < -0.4 is 0 Å². The van der Waals surface area contributed by atoms with E-state index in [1.807, 2.05) is 0 Å². The average molecular weight is 186 g/mol. The Morgan fingerprint density at radius 1 is 1.14 bits per heavy atom. The van der Waals surface area contributed by atoms with Crippen molar-refractivity contribution in [2.24, 2.45) is 0 Å². The molecule has 74 valence electrons. The molecule has 0 heterocycles. The summed E-state index contributed by atoms with van der Waals surface area (Å²) in [5.41, 5.74) is 7.56. The molecule has 0 spiro atoms. The molecule has 0 unspecified atom stereocenters. The lowest BCUT2D eigenvalue weighted by Crippen LogP contribution is -1.86. The number of fused-ring (bicyclic) bond motifs is 1. The van der Waals surface area contributed by atoms with Gasteiger partial charge >= 0.3 is 0 Å². The van der Waals surface area contributed by atoms with Crippen LogP contribution in [0.4, 0.5) is 0 Å². The Balaban J connectivity index is 2.46. The van der Waals surface area contributed by atoms with Gasteiger partial charge in [-0.25, -0.2) is 0 Å². The maximum atomic E-state index is 2.38. The van der Waals surface area contributed by atoms with Crippen LogP contribution in [0.1, 0.15) is 40.0 Å². The molecule has 2 aliphatic carbocycles. The molecule has 0 radical (unpaired) electrons. The standard InChI is InChI=1S/C14H18/c1-4-12-7-5-10(2)13-8-6-11(3)14(13)9-12/h6-7,9H,4-5,8H2,1-3H3. The molecule has 0 aliphatic heterocycles. The van der Waals surface area contributed by atoms with Gasteiger partial charge in [-0.15, -0.1) is 0 Å². The number of hydrogen-bond acceptors (Lipinski definition) is 0. The Kier molecular flexibility index (Phi) is 2.45. The van der Waals surface area contributed by atoms with Gasteiger partial charge in [0.05, 0.1) is 0 Å². The van der Waals surface area contributed by atoms with Gasteiger partial charge in [0, 0.05) is 0 Å². The van der Waals surface area contributed by atoms with E-state index in [-0.39, 0.29) is 0 Å². The number of allylic oxidation sites excluding steroid dienone is 8. The molecule has 0 N–H and O–H groups in total. The predicted octanol–water partition coefficient (Wildman–Crippen LogP) is 4.32. The molecule has 2 rings (SSSR count). The lowest BCUT2D eigenvalue weighted by atomic mass is 9.99. The zero-order valence-corrected chi connectivity index (χ0v) is 9.35. The summed E-state index contributed by atoms with van der Waals surface area (Å²) in [4.78, 5) is 0. The van der Waals surface area contributed by atoms with Crippen LogP contribution in [0, 0.1) is 0 Å². The summed E-state index contributed by atoms with van der Waals surface area (Å²) < 4.78 is 0. The highest BCUT2D eigenvalue weighted by atomic mass is 14.2. The van der Waals surface area contributed by atoms with E-state index >= 15 is 0 Å². The van der Waals surface area contributed by atoms with Gasteiger partial charge in [0.15, 0.2) is 0 Å². The van der Waals surface area contributed by atoms with Crippen molar-refractivity contribution >= 4 is 0 Å². The smallest absolute Gasteiger partial charge is 0.00859 e. The van der Waals surface area contributed by atoms with E-state index in [2.05, 4.69) is 39.0 Å². The summed E-state index contributed by atoms with van der Waals surface area (Å²) in [5.74, 6) is 0. The van der Waals surface area contributed by atoms with E-state index in [9.17, 15) is 0 Å². The van der Waals surface area contributed by atoms with Crippen LogP contribution in [0.3, 0.4) is 0 Å². The van der Waals surface area contributed by atoms with Crippen LogP contribution in [0.5, 0.6) is 0 Å². The van der Waals surface area contributed by atoms with Gasteiger partial charge in [-0.05, 0) is 49.8 Å². The zero-order chi connectivity index (χ0) is 10.1. The van der Waals surface area contributed by atoms with Gasteiger partial charge < -0.3 is 0 Å². The third-order valence-electron chi connectivity index (χ3n) is 3.29. The second-order valence-corrected chi connectivity index (χ2v) is 4.24. The van der Waals surface area contributed by atoms with Crippen LogP contribution in [0.2, 0.25) is 0 Å². The quantitative estimate of drug-likeness (QED) is 0.572. The highest BCUT2D eigenvalue weighted by Crippen LogP contribution is 2.36. The Labute approximate surface area is 86.7 Å². The molecule has 0 aromatic heterocycles. The highest BCUT2D eigenvalue weighted by Gasteiger charge is 2.17. The van der Waals surface area contributed by atoms with E-state index in [4.69, 9.17) is 0 Å². The van der Waals surface area contributed by atoms with E-state index in [0.29, 0.717) is 0 Å². The maximum Gasteiger partial charge on any atom is -0.00859 e. The first-order chi connectivity index (χ1) is 6.72. The summed E-state index contributed by atoms with van der Waals surface area (Å²) in [6.07, 6.45) is 10.5. The normalized spacial score (nSPS) is 21.2. The highest BCUT2D eigenvalue weighted by molar-refractivity contribution is 5.57. The molecule has 0 saturated heterocycles. The molecule has 0 aromatic carbocycles. The summed E-state index contributed by atoms with van der Waals surface area (Å²) in [6, 6.07) is 0. The van der Waals surface area contributed by atoms with Crippen molar-refractivity contribution in [3.05, 3.63) is 46.1 Å². The monoisotopic (exact) mass is 186 g/mol. The molecule has 0 nitrogen and oxygen atoms in total. The second kappa shape index (κ2) is 3.61. The van der Waals surface area contributed by atoms with Crippen molar-refractivity contribution in [1.29, 1.82) is 0 Å². The van der Waals surface area contributed by atoms with E-state index in [0.717, 1.165) is 19.3 Å². The first kappa shape index (κ1) is 9.51. The fraction of sp³-hybridized carbons (Fsp3) is 0.429. The second-order valence-electron chi connectivity index (χ2n) is 4.24. The van der Waals surface area contributed by atoms with Gasteiger partial charge in [-0.3, -0.25) is 0 Å². The Morgan fingerprint density at radius 3 is 2.64 bits per heavy atom. The lowest BCUT2D eigenvalue weighted by Gasteiger charge is -2.05. The predicted molar refractivity (Wildman–Crippen MR) is 62.1 cm³/mol. The molecule has 0 amide bonds. The Hall–Kier alpha value is -1.04. The van der Waals surface area contributed by atoms with E-state index in [1.54, 1.807) is 11.1 Å². The maximum absolute atomic E-state index is 2.38. The van der Waals surface area contributed by atoms with Crippen LogP contribution in [0.15, 0.2) is 46.1 Å². The third kappa shape index (κ3) is 1.50. The third-order valence-corrected chi connectivity index (χ3v) is 3.29. The van der Waals surface area contributed by atoms with Crippen molar-refractivity contribution in [2.45, 2.75) is 40.0 Å². The number of rotatable bonds is 1. The summed E-state index contributed by atoms with van der Waals surface area (Å²) in [5, 5.41) is 0. The van der Waals surface area contributed by atoms with Crippen LogP contribution in [-0.4, -0.2) is 0 Å². The SMILES string of the molecule is CCC1=CCC(C)=C2CC=C(C)C2=C1. The summed E-state index contributed by atoms with van der Waals surface area (Å²) in [6.45, 7) is 6.73. The van der Waals surface area contributed by atoms with Gasteiger partial charge in [-0.1, -0.05) is 36.3 Å². The minimum Gasteiger partial charge on any atom is -0.0772 e. The van der Waals surface area contributed by atoms with E-state index < -0.39 is 0 Å². The fourth-order valence-electron chi connectivity index (χ4n) is 2.22. The van der Waals surface area contributed by atoms with Gasteiger partial charge in [0.2, 0.25) is 0 Å². The molecule has 0 fully saturated rings. The minimum atomic E-state index is 1.14. The van der Waals surface area contributed by atoms with Crippen molar-refractivity contribution in [1.82, 2.24) is 0 Å². The molecular formula is C14H18. The topological polar surface area (TPSA) is 0 Å². The molecular weight excluding hydrogens is 168 g/mol. The van der Waals surface area contributed by atoms with Crippen molar-refractivity contribution in [3.8, 4) is 0 Å². The Bertz CT molecular complexity index is 373. The minimum absolute atomic E-state index is 1.14. The van der Waals surface area contributed by atoms with Crippen molar-refractivity contribution < 1.29 is 0 Å². The number of hydrogen-bond donors (Lipinski definition) is 0. The van der Waals surface area contributed by atoms with Crippen molar-refractivity contribution in [3.63, 3.8) is 0 Å². The van der Waals surface area contributed by atoms with E-state index in [1.165, 1.54) is 16.7 Å². The molecule has 0 bridgehead atoms. The van der Waals surface area contributed by atoms with Crippen LogP contribution in [-0.2, 0) is 0 Å². The first-order valence-electron chi connectivity index (χ1n) is 5.49. The van der Waals surface area contributed by atoms with Gasteiger partial charge in [-0.2, -0.15) is 0 Å². The molecule has 0 saturated carbocycles.